The van der Waals surface area contributed by atoms with Crippen molar-refractivity contribution in [3.8, 4) is 5.75 Å². The van der Waals surface area contributed by atoms with Crippen LogP contribution in [-0.4, -0.2) is 56.5 Å². The van der Waals surface area contributed by atoms with Crippen LogP contribution in [0.5, 0.6) is 5.75 Å². The summed E-state index contributed by atoms with van der Waals surface area (Å²) >= 11 is 6.36. The Kier molecular flexibility index (Phi) is 6.77. The molecule has 1 saturated carbocycles. The van der Waals surface area contributed by atoms with Gasteiger partial charge in [0.25, 0.3) is 0 Å². The normalized spacial score (nSPS) is 20.8. The van der Waals surface area contributed by atoms with Crippen LogP contribution >= 0.6 is 11.6 Å². The van der Waals surface area contributed by atoms with Crippen molar-refractivity contribution in [2.75, 3.05) is 31.2 Å². The summed E-state index contributed by atoms with van der Waals surface area (Å²) in [4.78, 5) is 24.1. The summed E-state index contributed by atoms with van der Waals surface area (Å²) in [6.45, 7) is 1.25. The number of benzene rings is 1. The number of sulfone groups is 1. The Morgan fingerprint density at radius 3 is 2.65 bits per heavy atom. The summed E-state index contributed by atoms with van der Waals surface area (Å²) in [6.07, 6.45) is 5.95. The van der Waals surface area contributed by atoms with E-state index in [1.807, 2.05) is 12.1 Å². The molecule has 1 aromatic rings. The molecule has 1 aliphatic heterocycles. The van der Waals surface area contributed by atoms with Crippen molar-refractivity contribution in [3.63, 3.8) is 0 Å². The van der Waals surface area contributed by atoms with Gasteiger partial charge in [0.05, 0.1) is 23.1 Å². The Balaban J connectivity index is 1.26. The second-order valence-corrected chi connectivity index (χ2v) is 11.5. The molecule has 1 atom stereocenters. The van der Waals surface area contributed by atoms with Crippen LogP contribution in [0.2, 0.25) is 5.02 Å². The topological polar surface area (TPSA) is 92.8 Å². The highest BCUT2D eigenvalue weighted by Crippen LogP contribution is 2.43. The molecule has 2 fully saturated rings. The predicted molar refractivity (Wildman–Crippen MR) is 118 cm³/mol. The van der Waals surface area contributed by atoms with Crippen LogP contribution in [-0.2, 0) is 21.1 Å². The molecule has 1 heterocycles. The number of rotatable bonds is 11. The first kappa shape index (κ1) is 22.4. The minimum Gasteiger partial charge on any atom is -0.491 e. The Labute approximate surface area is 188 Å². The van der Waals surface area contributed by atoms with Gasteiger partial charge in [-0.15, -0.1) is 0 Å². The van der Waals surface area contributed by atoms with E-state index in [2.05, 4.69) is 5.32 Å². The molecule has 170 valence electrons. The summed E-state index contributed by atoms with van der Waals surface area (Å²) in [7, 11) is -3.19. The van der Waals surface area contributed by atoms with Crippen LogP contribution in [0.3, 0.4) is 0 Å². The van der Waals surface area contributed by atoms with Gasteiger partial charge in [-0.1, -0.05) is 24.1 Å². The van der Waals surface area contributed by atoms with Crippen molar-refractivity contribution in [1.29, 1.82) is 0 Å². The van der Waals surface area contributed by atoms with Gasteiger partial charge in [0, 0.05) is 6.54 Å². The molecule has 0 spiro atoms. The van der Waals surface area contributed by atoms with Gasteiger partial charge < -0.3 is 9.64 Å². The average molecular weight is 469 g/mol. The maximum Gasteiger partial charge on any atom is 0.324 e. The number of carbonyl (C=O) groups is 2. The van der Waals surface area contributed by atoms with Crippen LogP contribution in [0.1, 0.15) is 55.6 Å². The Morgan fingerprint density at radius 1 is 1.13 bits per heavy atom. The number of amides is 3. The van der Waals surface area contributed by atoms with Gasteiger partial charge in [0.2, 0.25) is 5.91 Å². The summed E-state index contributed by atoms with van der Waals surface area (Å²) < 4.78 is 31.4. The quantitative estimate of drug-likeness (QED) is 0.397. The lowest BCUT2D eigenvalue weighted by atomic mass is 10.0. The zero-order valence-corrected chi connectivity index (χ0v) is 19.1. The first-order chi connectivity index (χ1) is 14.8. The highest BCUT2D eigenvalue weighted by atomic mass is 35.5. The number of carbonyl (C=O) groups excluding carboxylic acids is 2. The molecule has 0 aromatic heterocycles. The number of fused-ring (bicyclic) bond motifs is 1. The van der Waals surface area contributed by atoms with E-state index in [9.17, 15) is 18.0 Å². The van der Waals surface area contributed by atoms with Gasteiger partial charge in [-0.2, -0.15) is 0 Å². The molecular weight excluding hydrogens is 440 g/mol. The fraction of sp³-hybridized carbons (Fsp3) is 0.636. The molecule has 3 aliphatic rings. The Morgan fingerprint density at radius 2 is 1.94 bits per heavy atom. The third kappa shape index (κ3) is 5.71. The molecule has 1 saturated heterocycles. The number of urea groups is 1. The standard InChI is InChI=1S/C22H29ClN2O5S/c23-19-9-8-17-16(6-7-18(17)21(19)30-13-15-4-5-15)14-31(28,29)11-3-1-2-10-25-12-20(26)24-22(25)27/h8-9,15-16H,1-7,10-14H2,(H,24,26,27)/t16-/m0/s1. The van der Waals surface area contributed by atoms with Crippen LogP contribution < -0.4 is 10.1 Å². The van der Waals surface area contributed by atoms with Crippen molar-refractivity contribution in [2.24, 2.45) is 5.92 Å². The predicted octanol–water partition coefficient (Wildman–Crippen LogP) is 3.30. The monoisotopic (exact) mass is 468 g/mol. The number of unbranched alkanes of at least 4 members (excludes halogenated alkanes) is 2. The zero-order valence-electron chi connectivity index (χ0n) is 17.6. The molecule has 31 heavy (non-hydrogen) atoms. The van der Waals surface area contributed by atoms with Gasteiger partial charge in [0.1, 0.15) is 12.3 Å². The van der Waals surface area contributed by atoms with Gasteiger partial charge in [-0.3, -0.25) is 10.1 Å². The largest absolute Gasteiger partial charge is 0.491 e. The van der Waals surface area contributed by atoms with Gasteiger partial charge in [-0.25, -0.2) is 13.2 Å². The molecule has 0 radical (unpaired) electrons. The second kappa shape index (κ2) is 9.36. The molecule has 7 nitrogen and oxygen atoms in total. The molecule has 4 rings (SSSR count). The van der Waals surface area contributed by atoms with E-state index in [0.717, 1.165) is 29.7 Å². The van der Waals surface area contributed by atoms with E-state index >= 15 is 0 Å². The smallest absolute Gasteiger partial charge is 0.324 e. The molecule has 3 amide bonds. The van der Waals surface area contributed by atoms with E-state index in [-0.39, 0.29) is 35.9 Å². The molecule has 1 aromatic carbocycles. The molecule has 0 unspecified atom stereocenters. The van der Waals surface area contributed by atoms with Crippen molar-refractivity contribution in [1.82, 2.24) is 10.2 Å². The van der Waals surface area contributed by atoms with E-state index < -0.39 is 9.84 Å². The number of halogens is 1. The third-order valence-corrected chi connectivity index (χ3v) is 8.42. The maximum absolute atomic E-state index is 12.7. The van der Waals surface area contributed by atoms with E-state index in [1.54, 1.807) is 0 Å². The van der Waals surface area contributed by atoms with Crippen molar-refractivity contribution in [2.45, 2.75) is 50.9 Å². The molecule has 9 heteroatoms. The van der Waals surface area contributed by atoms with Crippen LogP contribution in [0, 0.1) is 5.92 Å². The van der Waals surface area contributed by atoms with Gasteiger partial charge >= 0.3 is 6.03 Å². The van der Waals surface area contributed by atoms with Crippen molar-refractivity contribution in [3.05, 3.63) is 28.3 Å². The summed E-state index contributed by atoms with van der Waals surface area (Å²) in [5.41, 5.74) is 2.13. The minimum absolute atomic E-state index is 0.0140. The minimum atomic E-state index is -3.19. The fourth-order valence-corrected chi connectivity index (χ4v) is 6.40. The third-order valence-electron chi connectivity index (χ3n) is 6.30. The van der Waals surface area contributed by atoms with Crippen LogP contribution in [0.15, 0.2) is 12.1 Å². The number of hydrogen-bond acceptors (Lipinski definition) is 5. The fourth-order valence-electron chi connectivity index (χ4n) is 4.40. The number of nitrogens with zero attached hydrogens (tertiary/aromatic N) is 1. The summed E-state index contributed by atoms with van der Waals surface area (Å²) in [5.74, 6) is 1.36. The zero-order chi connectivity index (χ0) is 22.0. The number of imide groups is 1. The molecule has 1 N–H and O–H groups in total. The SMILES string of the molecule is O=C1CN(CCCCCS(=O)(=O)C[C@@H]2CCc3c2ccc(Cl)c3OCC2CC2)C(=O)N1. The maximum atomic E-state index is 12.7. The van der Waals surface area contributed by atoms with E-state index in [1.165, 1.54) is 17.7 Å². The molecule has 0 bridgehead atoms. The lowest BCUT2D eigenvalue weighted by molar-refractivity contribution is -0.118. The Hall–Kier alpha value is -1.80. The average Bonchev–Trinajstić information content (AvgIpc) is 3.37. The lowest BCUT2D eigenvalue weighted by Crippen LogP contribution is -2.29. The number of nitrogens with one attached hydrogen (secondary N) is 1. The highest BCUT2D eigenvalue weighted by molar-refractivity contribution is 7.91. The van der Waals surface area contributed by atoms with E-state index in [4.69, 9.17) is 16.3 Å². The number of hydrogen-bond donors (Lipinski definition) is 1. The van der Waals surface area contributed by atoms with Crippen molar-refractivity contribution < 1.29 is 22.7 Å². The summed E-state index contributed by atoms with van der Waals surface area (Å²) in [6, 6.07) is 3.42. The van der Waals surface area contributed by atoms with E-state index in [0.29, 0.717) is 43.4 Å². The first-order valence-corrected chi connectivity index (χ1v) is 13.3. The second-order valence-electron chi connectivity index (χ2n) is 8.88. The summed E-state index contributed by atoms with van der Waals surface area (Å²) in [5, 5.41) is 2.85. The molecular formula is C22H29ClN2O5S. The molecule has 2 aliphatic carbocycles. The van der Waals surface area contributed by atoms with Crippen LogP contribution in [0.25, 0.3) is 0 Å². The number of ether oxygens (including phenoxy) is 1. The first-order valence-electron chi connectivity index (χ1n) is 11.1. The van der Waals surface area contributed by atoms with Gasteiger partial charge in [-0.05, 0) is 67.6 Å². The Bertz CT molecular complexity index is 961. The van der Waals surface area contributed by atoms with Crippen LogP contribution in [0.4, 0.5) is 4.79 Å². The van der Waals surface area contributed by atoms with Crippen molar-refractivity contribution >= 4 is 33.4 Å². The van der Waals surface area contributed by atoms with Gasteiger partial charge in [0.15, 0.2) is 9.84 Å². The highest BCUT2D eigenvalue weighted by Gasteiger charge is 2.31. The lowest BCUT2D eigenvalue weighted by Gasteiger charge is -2.16.